The van der Waals surface area contributed by atoms with Crippen molar-refractivity contribution in [1.82, 2.24) is 5.32 Å². The van der Waals surface area contributed by atoms with Gasteiger partial charge < -0.3 is 11.1 Å². The van der Waals surface area contributed by atoms with Crippen molar-refractivity contribution >= 4 is 5.91 Å². The highest BCUT2D eigenvalue weighted by Crippen LogP contribution is 2.28. The predicted molar refractivity (Wildman–Crippen MR) is 64.6 cm³/mol. The number of carbonyl (C=O) groups is 1. The molecule has 0 aliphatic carbocycles. The van der Waals surface area contributed by atoms with Gasteiger partial charge in [0, 0.05) is 16.5 Å². The lowest BCUT2D eigenvalue weighted by molar-refractivity contribution is -0.127. The molecule has 0 spiro atoms. The molecule has 0 radical (unpaired) electrons. The molecular weight excluding hydrogens is 188 g/mol. The zero-order valence-corrected chi connectivity index (χ0v) is 11.2. The minimum atomic E-state index is -0.470. The first-order chi connectivity index (χ1) is 6.36. The van der Waals surface area contributed by atoms with E-state index in [4.69, 9.17) is 5.73 Å². The van der Waals surface area contributed by atoms with Gasteiger partial charge in [0.2, 0.25) is 5.91 Å². The van der Waals surface area contributed by atoms with Crippen molar-refractivity contribution in [3.8, 4) is 0 Å². The van der Waals surface area contributed by atoms with Gasteiger partial charge in [-0.05, 0) is 41.0 Å². The van der Waals surface area contributed by atoms with E-state index >= 15 is 0 Å². The highest BCUT2D eigenvalue weighted by molar-refractivity contribution is 5.80. The van der Waals surface area contributed by atoms with Crippen molar-refractivity contribution in [3.63, 3.8) is 0 Å². The molecule has 0 aromatic carbocycles. The molecule has 0 aliphatic heterocycles. The second-order valence-electron chi connectivity index (χ2n) is 6.68. The van der Waals surface area contributed by atoms with E-state index in [1.165, 1.54) is 0 Å². The second kappa shape index (κ2) is 4.12. The number of hydrogen-bond donors (Lipinski definition) is 2. The monoisotopic (exact) mass is 214 g/mol. The molecule has 0 fully saturated rings. The van der Waals surface area contributed by atoms with E-state index in [-0.39, 0.29) is 17.0 Å². The van der Waals surface area contributed by atoms with Crippen LogP contribution in [0.3, 0.4) is 0 Å². The smallest absolute Gasteiger partial charge is 0.223 e. The highest BCUT2D eigenvalue weighted by atomic mass is 16.1. The summed E-state index contributed by atoms with van der Waals surface area (Å²) in [4.78, 5) is 11.3. The summed E-state index contributed by atoms with van der Waals surface area (Å²) in [6.07, 6.45) is 0.729. The van der Waals surface area contributed by atoms with Gasteiger partial charge in [-0.15, -0.1) is 0 Å². The summed E-state index contributed by atoms with van der Waals surface area (Å²) in [5.74, 6) is -0.244. The van der Waals surface area contributed by atoms with Crippen molar-refractivity contribution in [3.05, 3.63) is 0 Å². The topological polar surface area (TPSA) is 55.1 Å². The molecule has 0 aliphatic rings. The first-order valence-electron chi connectivity index (χ1n) is 5.45. The quantitative estimate of drug-likeness (QED) is 0.752. The molecule has 15 heavy (non-hydrogen) atoms. The van der Waals surface area contributed by atoms with E-state index in [0.717, 1.165) is 6.42 Å². The van der Waals surface area contributed by atoms with Gasteiger partial charge in [0.15, 0.2) is 0 Å². The summed E-state index contributed by atoms with van der Waals surface area (Å²) in [6, 6.07) is 0. The Kier molecular flexibility index (Phi) is 3.97. The number of hydrogen-bond acceptors (Lipinski definition) is 2. The number of nitrogens with one attached hydrogen (secondary N) is 1. The summed E-state index contributed by atoms with van der Waals surface area (Å²) >= 11 is 0. The Hall–Kier alpha value is -0.570. The Morgan fingerprint density at radius 1 is 1.07 bits per heavy atom. The van der Waals surface area contributed by atoms with Gasteiger partial charge in [-0.25, -0.2) is 0 Å². The van der Waals surface area contributed by atoms with Crippen LogP contribution in [0.25, 0.3) is 0 Å². The fourth-order valence-corrected chi connectivity index (χ4v) is 2.25. The molecule has 0 heterocycles. The fourth-order valence-electron chi connectivity index (χ4n) is 2.25. The SMILES string of the molecule is CC(C)(C)NC(C)(C)CC(C)(C)C(N)=O. The van der Waals surface area contributed by atoms with Crippen LogP contribution in [0.4, 0.5) is 0 Å². The predicted octanol–water partition coefficient (Wildman–Crippen LogP) is 2.05. The summed E-state index contributed by atoms with van der Waals surface area (Å²) in [7, 11) is 0. The van der Waals surface area contributed by atoms with E-state index in [0.29, 0.717) is 0 Å². The molecule has 0 unspecified atom stereocenters. The van der Waals surface area contributed by atoms with Crippen LogP contribution < -0.4 is 11.1 Å². The fraction of sp³-hybridized carbons (Fsp3) is 0.917. The maximum atomic E-state index is 11.3. The zero-order valence-electron chi connectivity index (χ0n) is 11.2. The molecule has 0 bridgehead atoms. The Balaban J connectivity index is 4.58. The lowest BCUT2D eigenvalue weighted by atomic mass is 9.78. The Morgan fingerprint density at radius 2 is 1.47 bits per heavy atom. The van der Waals surface area contributed by atoms with Crippen molar-refractivity contribution in [2.24, 2.45) is 11.1 Å². The average Bonchev–Trinajstić information content (AvgIpc) is 1.75. The van der Waals surface area contributed by atoms with Crippen LogP contribution in [-0.4, -0.2) is 17.0 Å². The molecule has 0 atom stereocenters. The molecule has 90 valence electrons. The third-order valence-electron chi connectivity index (χ3n) is 2.26. The van der Waals surface area contributed by atoms with Gasteiger partial charge in [-0.2, -0.15) is 0 Å². The maximum absolute atomic E-state index is 11.3. The Labute approximate surface area is 93.8 Å². The largest absolute Gasteiger partial charge is 0.369 e. The number of rotatable bonds is 4. The Morgan fingerprint density at radius 3 is 1.73 bits per heavy atom. The zero-order chi connectivity index (χ0) is 12.5. The van der Waals surface area contributed by atoms with E-state index in [2.05, 4.69) is 39.9 Å². The van der Waals surface area contributed by atoms with Crippen molar-refractivity contribution in [1.29, 1.82) is 0 Å². The van der Waals surface area contributed by atoms with Crippen LogP contribution in [0.5, 0.6) is 0 Å². The van der Waals surface area contributed by atoms with Gasteiger partial charge in [0.25, 0.3) is 0 Å². The second-order valence-corrected chi connectivity index (χ2v) is 6.68. The van der Waals surface area contributed by atoms with Crippen molar-refractivity contribution < 1.29 is 4.79 Å². The Bertz CT molecular complexity index is 236. The molecular formula is C12H26N2O. The lowest BCUT2D eigenvalue weighted by Crippen LogP contribution is -2.53. The molecule has 0 rings (SSSR count). The van der Waals surface area contributed by atoms with Crippen LogP contribution in [0.1, 0.15) is 54.9 Å². The van der Waals surface area contributed by atoms with Crippen LogP contribution in [0, 0.1) is 5.41 Å². The van der Waals surface area contributed by atoms with Gasteiger partial charge in [-0.3, -0.25) is 4.79 Å². The maximum Gasteiger partial charge on any atom is 0.223 e. The minimum Gasteiger partial charge on any atom is -0.369 e. The van der Waals surface area contributed by atoms with Crippen molar-refractivity contribution in [2.45, 2.75) is 66.0 Å². The van der Waals surface area contributed by atoms with Gasteiger partial charge in [-0.1, -0.05) is 13.8 Å². The molecule has 0 saturated carbocycles. The number of carbonyl (C=O) groups excluding carboxylic acids is 1. The number of amides is 1. The summed E-state index contributed by atoms with van der Waals surface area (Å²) < 4.78 is 0. The van der Waals surface area contributed by atoms with Crippen LogP contribution in [-0.2, 0) is 4.79 Å². The van der Waals surface area contributed by atoms with E-state index in [1.54, 1.807) is 0 Å². The van der Waals surface area contributed by atoms with E-state index in [1.807, 2.05) is 13.8 Å². The van der Waals surface area contributed by atoms with E-state index in [9.17, 15) is 4.79 Å². The molecule has 3 nitrogen and oxygen atoms in total. The summed E-state index contributed by atoms with van der Waals surface area (Å²) in [5, 5.41) is 3.50. The normalized spacial score (nSPS) is 14.1. The molecule has 1 amide bonds. The summed E-state index contributed by atoms with van der Waals surface area (Å²) in [6.45, 7) is 14.3. The average molecular weight is 214 g/mol. The van der Waals surface area contributed by atoms with Gasteiger partial charge in [0.05, 0.1) is 0 Å². The van der Waals surface area contributed by atoms with Crippen LogP contribution in [0.15, 0.2) is 0 Å². The first kappa shape index (κ1) is 14.4. The van der Waals surface area contributed by atoms with Crippen LogP contribution >= 0.6 is 0 Å². The minimum absolute atomic E-state index is 0.0389. The van der Waals surface area contributed by atoms with Crippen molar-refractivity contribution in [2.75, 3.05) is 0 Å². The van der Waals surface area contributed by atoms with Gasteiger partial charge >= 0.3 is 0 Å². The molecule has 0 aromatic rings. The molecule has 0 saturated heterocycles. The lowest BCUT2D eigenvalue weighted by Gasteiger charge is -2.39. The molecule has 3 heteroatoms. The third-order valence-corrected chi connectivity index (χ3v) is 2.26. The highest BCUT2D eigenvalue weighted by Gasteiger charge is 2.34. The third kappa shape index (κ3) is 5.78. The first-order valence-corrected chi connectivity index (χ1v) is 5.45. The number of nitrogens with two attached hydrogens (primary N) is 1. The molecule has 3 N–H and O–H groups in total. The molecule has 0 aromatic heterocycles. The summed E-state index contributed by atoms with van der Waals surface area (Å²) in [5.41, 5.74) is 4.84. The van der Waals surface area contributed by atoms with Crippen LogP contribution in [0.2, 0.25) is 0 Å². The standard InChI is InChI=1S/C12H26N2O/c1-10(2,3)14-12(6,7)8-11(4,5)9(13)15/h14H,8H2,1-7H3,(H2,13,15). The van der Waals surface area contributed by atoms with Gasteiger partial charge in [0.1, 0.15) is 0 Å². The van der Waals surface area contributed by atoms with E-state index < -0.39 is 5.41 Å². The number of primary amides is 1.